The highest BCUT2D eigenvalue weighted by Crippen LogP contribution is 2.17. The quantitative estimate of drug-likeness (QED) is 0.777. The second kappa shape index (κ2) is 8.38. The van der Waals surface area contributed by atoms with Crippen LogP contribution < -0.4 is 10.2 Å². The van der Waals surface area contributed by atoms with Crippen LogP contribution in [-0.2, 0) is 6.54 Å². The molecule has 0 radical (unpaired) electrons. The third-order valence-corrected chi connectivity index (χ3v) is 3.97. The van der Waals surface area contributed by atoms with Gasteiger partial charge in [0.25, 0.3) is 0 Å². The molecule has 0 spiro atoms. The van der Waals surface area contributed by atoms with Crippen LogP contribution in [0.1, 0.15) is 59.9 Å². The number of pyridine rings is 1. The molecule has 0 bridgehead atoms. The Bertz CT molecular complexity index is 388. The van der Waals surface area contributed by atoms with Crippen molar-refractivity contribution in [3.05, 3.63) is 23.9 Å². The zero-order chi connectivity index (χ0) is 15.9. The molecule has 0 saturated heterocycles. The van der Waals surface area contributed by atoms with Gasteiger partial charge in [0, 0.05) is 31.4 Å². The fourth-order valence-corrected chi connectivity index (χ4v) is 2.32. The van der Waals surface area contributed by atoms with E-state index in [2.05, 4.69) is 68.9 Å². The van der Waals surface area contributed by atoms with Crippen LogP contribution in [0.4, 0.5) is 5.82 Å². The Morgan fingerprint density at radius 2 is 1.81 bits per heavy atom. The first-order valence-corrected chi connectivity index (χ1v) is 8.34. The van der Waals surface area contributed by atoms with E-state index in [1.165, 1.54) is 18.4 Å². The highest BCUT2D eigenvalue weighted by Gasteiger charge is 2.12. The molecule has 0 aliphatic carbocycles. The monoisotopic (exact) mass is 291 g/mol. The Morgan fingerprint density at radius 1 is 1.14 bits per heavy atom. The van der Waals surface area contributed by atoms with Gasteiger partial charge in [0.05, 0.1) is 0 Å². The lowest BCUT2D eigenvalue weighted by Crippen LogP contribution is -2.35. The molecule has 1 aromatic heterocycles. The Balaban J connectivity index is 2.66. The lowest BCUT2D eigenvalue weighted by Gasteiger charge is -2.26. The van der Waals surface area contributed by atoms with Gasteiger partial charge in [-0.15, -0.1) is 0 Å². The van der Waals surface area contributed by atoms with E-state index >= 15 is 0 Å². The standard InChI is InChI=1S/C18H33N3/c1-7-15(8-2)14-21(9-3)17-11-10-16(12-19-17)13-20-18(4,5)6/h10-12,15,20H,7-9,13-14H2,1-6H3. The zero-order valence-corrected chi connectivity index (χ0v) is 14.7. The summed E-state index contributed by atoms with van der Waals surface area (Å²) in [5, 5.41) is 3.50. The highest BCUT2D eigenvalue weighted by molar-refractivity contribution is 5.39. The SMILES string of the molecule is CCC(CC)CN(CC)c1ccc(CNC(C)(C)C)cn1. The number of anilines is 1. The molecule has 0 amide bonds. The summed E-state index contributed by atoms with van der Waals surface area (Å²) >= 11 is 0. The largest absolute Gasteiger partial charge is 0.357 e. The van der Waals surface area contributed by atoms with E-state index in [1.54, 1.807) is 0 Å². The summed E-state index contributed by atoms with van der Waals surface area (Å²) < 4.78 is 0. The van der Waals surface area contributed by atoms with Gasteiger partial charge in [-0.2, -0.15) is 0 Å². The van der Waals surface area contributed by atoms with Crippen LogP contribution >= 0.6 is 0 Å². The summed E-state index contributed by atoms with van der Waals surface area (Å²) in [4.78, 5) is 7.05. The summed E-state index contributed by atoms with van der Waals surface area (Å²) in [6.45, 7) is 16.3. The number of hydrogen-bond acceptors (Lipinski definition) is 3. The molecule has 120 valence electrons. The van der Waals surface area contributed by atoms with Gasteiger partial charge >= 0.3 is 0 Å². The second-order valence-electron chi connectivity index (χ2n) is 6.85. The number of nitrogens with one attached hydrogen (secondary N) is 1. The molecule has 0 unspecified atom stereocenters. The summed E-state index contributed by atoms with van der Waals surface area (Å²) in [6.07, 6.45) is 4.48. The van der Waals surface area contributed by atoms with E-state index in [4.69, 9.17) is 0 Å². The van der Waals surface area contributed by atoms with Crippen molar-refractivity contribution >= 4 is 5.82 Å². The van der Waals surface area contributed by atoms with Crippen LogP contribution in [-0.4, -0.2) is 23.6 Å². The molecule has 1 N–H and O–H groups in total. The zero-order valence-electron chi connectivity index (χ0n) is 14.7. The normalized spacial score (nSPS) is 12.0. The maximum Gasteiger partial charge on any atom is 0.128 e. The summed E-state index contributed by atoms with van der Waals surface area (Å²) in [5.74, 6) is 1.86. The smallest absolute Gasteiger partial charge is 0.128 e. The molecule has 1 rings (SSSR count). The number of rotatable bonds is 8. The minimum Gasteiger partial charge on any atom is -0.357 e. The van der Waals surface area contributed by atoms with Gasteiger partial charge < -0.3 is 10.2 Å². The average molecular weight is 291 g/mol. The first kappa shape index (κ1) is 18.0. The number of nitrogens with zero attached hydrogens (tertiary/aromatic N) is 2. The maximum absolute atomic E-state index is 4.66. The molecule has 0 aliphatic rings. The number of aromatic nitrogens is 1. The van der Waals surface area contributed by atoms with Gasteiger partial charge in [-0.1, -0.05) is 32.8 Å². The molecule has 0 saturated carbocycles. The highest BCUT2D eigenvalue weighted by atomic mass is 15.2. The van der Waals surface area contributed by atoms with Crippen LogP contribution in [0.25, 0.3) is 0 Å². The molecular weight excluding hydrogens is 258 g/mol. The molecule has 3 nitrogen and oxygen atoms in total. The van der Waals surface area contributed by atoms with Crippen LogP contribution in [0.15, 0.2) is 18.3 Å². The maximum atomic E-state index is 4.66. The lowest BCUT2D eigenvalue weighted by molar-refractivity contribution is 0.424. The fraction of sp³-hybridized carbons (Fsp3) is 0.722. The van der Waals surface area contributed by atoms with Crippen LogP contribution in [0.5, 0.6) is 0 Å². The van der Waals surface area contributed by atoms with Crippen molar-refractivity contribution in [3.8, 4) is 0 Å². The van der Waals surface area contributed by atoms with Crippen molar-refractivity contribution in [2.24, 2.45) is 5.92 Å². The van der Waals surface area contributed by atoms with Crippen LogP contribution in [0.3, 0.4) is 0 Å². The average Bonchev–Trinajstić information content (AvgIpc) is 2.46. The van der Waals surface area contributed by atoms with E-state index in [0.29, 0.717) is 0 Å². The first-order chi connectivity index (χ1) is 9.89. The summed E-state index contributed by atoms with van der Waals surface area (Å²) in [7, 11) is 0. The minimum atomic E-state index is 0.142. The van der Waals surface area contributed by atoms with Gasteiger partial charge in [-0.25, -0.2) is 4.98 Å². The molecule has 1 aromatic rings. The van der Waals surface area contributed by atoms with Gasteiger partial charge in [0.15, 0.2) is 0 Å². The van der Waals surface area contributed by atoms with Crippen LogP contribution in [0.2, 0.25) is 0 Å². The first-order valence-electron chi connectivity index (χ1n) is 8.34. The Labute approximate surface area is 131 Å². The van der Waals surface area contributed by atoms with Gasteiger partial charge in [-0.05, 0) is 45.2 Å². The van der Waals surface area contributed by atoms with Crippen molar-refractivity contribution < 1.29 is 0 Å². The van der Waals surface area contributed by atoms with E-state index < -0.39 is 0 Å². The van der Waals surface area contributed by atoms with Crippen molar-refractivity contribution in [1.29, 1.82) is 0 Å². The predicted octanol–water partition coefficient (Wildman–Crippen LogP) is 4.23. The van der Waals surface area contributed by atoms with E-state index in [9.17, 15) is 0 Å². The molecule has 1 heterocycles. The molecule has 0 fully saturated rings. The Hall–Kier alpha value is -1.09. The minimum absolute atomic E-state index is 0.142. The van der Waals surface area contributed by atoms with Crippen molar-refractivity contribution in [2.75, 3.05) is 18.0 Å². The molecule has 0 atom stereocenters. The van der Waals surface area contributed by atoms with Gasteiger partial charge in [0.2, 0.25) is 0 Å². The van der Waals surface area contributed by atoms with Gasteiger partial charge in [-0.3, -0.25) is 0 Å². The number of hydrogen-bond donors (Lipinski definition) is 1. The Morgan fingerprint density at radius 3 is 2.24 bits per heavy atom. The molecule has 21 heavy (non-hydrogen) atoms. The molecular formula is C18H33N3. The van der Waals surface area contributed by atoms with Crippen molar-refractivity contribution in [3.63, 3.8) is 0 Å². The van der Waals surface area contributed by atoms with E-state index in [1.807, 2.05) is 6.20 Å². The molecule has 0 aromatic carbocycles. The third-order valence-electron chi connectivity index (χ3n) is 3.97. The van der Waals surface area contributed by atoms with E-state index in [-0.39, 0.29) is 5.54 Å². The molecule has 3 heteroatoms. The molecule has 0 aliphatic heterocycles. The van der Waals surface area contributed by atoms with Crippen molar-refractivity contribution in [1.82, 2.24) is 10.3 Å². The topological polar surface area (TPSA) is 28.2 Å². The summed E-state index contributed by atoms with van der Waals surface area (Å²) in [6, 6.07) is 4.35. The predicted molar refractivity (Wildman–Crippen MR) is 92.8 cm³/mol. The second-order valence-corrected chi connectivity index (χ2v) is 6.85. The lowest BCUT2D eigenvalue weighted by atomic mass is 10.0. The van der Waals surface area contributed by atoms with E-state index in [0.717, 1.165) is 31.4 Å². The summed E-state index contributed by atoms with van der Waals surface area (Å²) in [5.41, 5.74) is 1.39. The third kappa shape index (κ3) is 6.47. The Kier molecular flexibility index (Phi) is 7.16. The fourth-order valence-electron chi connectivity index (χ4n) is 2.32. The van der Waals surface area contributed by atoms with Crippen LogP contribution in [0, 0.1) is 5.92 Å². The van der Waals surface area contributed by atoms with Gasteiger partial charge in [0.1, 0.15) is 5.82 Å². The van der Waals surface area contributed by atoms with Crippen molar-refractivity contribution in [2.45, 2.75) is 66.5 Å².